The molecule has 1 aliphatic rings. The number of aromatic nitrogens is 3. The highest BCUT2D eigenvalue weighted by Crippen LogP contribution is 2.14. The summed E-state index contributed by atoms with van der Waals surface area (Å²) in [7, 11) is 0. The van der Waals surface area contributed by atoms with Crippen LogP contribution < -0.4 is 5.32 Å². The molecule has 0 spiro atoms. The van der Waals surface area contributed by atoms with Crippen molar-refractivity contribution in [1.82, 2.24) is 14.6 Å². The number of aryl methyl sites for hydroxylation is 1. The topological polar surface area (TPSA) is 77.8 Å². The van der Waals surface area contributed by atoms with Gasteiger partial charge in [-0.3, -0.25) is 4.79 Å². The number of fused-ring (bicyclic) bond motifs is 1. The Balaban J connectivity index is 1.62. The number of ether oxygens (including phenoxy) is 2. The molecule has 0 aliphatic carbocycles. The Labute approximate surface area is 128 Å². The second-order valence-electron chi connectivity index (χ2n) is 5.49. The van der Waals surface area contributed by atoms with E-state index in [1.807, 2.05) is 13.0 Å². The minimum atomic E-state index is -0.552. The first-order chi connectivity index (χ1) is 10.6. The van der Waals surface area contributed by atoms with Gasteiger partial charge in [0.05, 0.1) is 18.4 Å². The Morgan fingerprint density at radius 3 is 3.27 bits per heavy atom. The molecule has 1 amide bonds. The Bertz CT molecular complexity index is 664. The van der Waals surface area contributed by atoms with Crippen molar-refractivity contribution in [3.63, 3.8) is 0 Å². The van der Waals surface area contributed by atoms with E-state index in [4.69, 9.17) is 9.47 Å². The zero-order chi connectivity index (χ0) is 15.5. The fraction of sp³-hybridized carbons (Fsp3) is 0.533. The number of rotatable bonds is 5. The van der Waals surface area contributed by atoms with Gasteiger partial charge in [-0.05, 0) is 32.8 Å². The van der Waals surface area contributed by atoms with Gasteiger partial charge in [0, 0.05) is 18.9 Å². The van der Waals surface area contributed by atoms with E-state index in [-0.39, 0.29) is 12.0 Å². The maximum atomic E-state index is 12.2. The largest absolute Gasteiger partial charge is 0.376 e. The number of hydrogen-bond acceptors (Lipinski definition) is 5. The molecule has 2 unspecified atom stereocenters. The number of nitrogens with one attached hydrogen (secondary N) is 1. The summed E-state index contributed by atoms with van der Waals surface area (Å²) in [6, 6.07) is 3.57. The van der Waals surface area contributed by atoms with Gasteiger partial charge in [-0.25, -0.2) is 4.98 Å². The second kappa shape index (κ2) is 6.41. The Kier molecular flexibility index (Phi) is 4.35. The number of carbonyl (C=O) groups excluding carboxylic acids is 1. The molecule has 1 aliphatic heterocycles. The molecular formula is C15H20N4O3. The van der Waals surface area contributed by atoms with Gasteiger partial charge >= 0.3 is 0 Å². The molecule has 2 aromatic rings. The van der Waals surface area contributed by atoms with Crippen LogP contribution in [0.15, 0.2) is 18.3 Å². The van der Waals surface area contributed by atoms with Crippen LogP contribution in [-0.2, 0) is 14.3 Å². The summed E-state index contributed by atoms with van der Waals surface area (Å²) in [5.74, 6) is 0.370. The number of hydrogen-bond donors (Lipinski definition) is 1. The maximum Gasteiger partial charge on any atom is 0.254 e. The molecule has 0 bridgehead atoms. The van der Waals surface area contributed by atoms with Gasteiger partial charge in [-0.2, -0.15) is 9.61 Å². The molecule has 7 nitrogen and oxygen atoms in total. The van der Waals surface area contributed by atoms with Crippen LogP contribution in [0.25, 0.3) is 5.65 Å². The molecule has 2 aromatic heterocycles. The third-order valence-corrected chi connectivity index (χ3v) is 3.66. The van der Waals surface area contributed by atoms with Crippen molar-refractivity contribution in [2.45, 2.75) is 38.9 Å². The van der Waals surface area contributed by atoms with E-state index in [0.29, 0.717) is 18.1 Å². The summed E-state index contributed by atoms with van der Waals surface area (Å²) in [4.78, 5) is 16.4. The van der Waals surface area contributed by atoms with Gasteiger partial charge in [-0.1, -0.05) is 0 Å². The highest BCUT2D eigenvalue weighted by Gasteiger charge is 2.20. The van der Waals surface area contributed by atoms with E-state index >= 15 is 0 Å². The van der Waals surface area contributed by atoms with Crippen molar-refractivity contribution in [1.29, 1.82) is 0 Å². The van der Waals surface area contributed by atoms with Crippen LogP contribution in [0.1, 0.15) is 25.5 Å². The van der Waals surface area contributed by atoms with E-state index in [1.165, 1.54) is 0 Å². The minimum Gasteiger partial charge on any atom is -0.376 e. The van der Waals surface area contributed by atoms with Crippen LogP contribution in [0, 0.1) is 6.92 Å². The number of amides is 1. The first-order valence-electron chi connectivity index (χ1n) is 7.49. The summed E-state index contributed by atoms with van der Waals surface area (Å²) in [5, 5.41) is 7.14. The zero-order valence-corrected chi connectivity index (χ0v) is 12.8. The molecule has 2 atom stereocenters. The summed E-state index contributed by atoms with van der Waals surface area (Å²) >= 11 is 0. The fourth-order valence-electron chi connectivity index (χ4n) is 2.44. The fourth-order valence-corrected chi connectivity index (χ4v) is 2.44. The van der Waals surface area contributed by atoms with E-state index in [2.05, 4.69) is 15.4 Å². The van der Waals surface area contributed by atoms with Crippen molar-refractivity contribution in [2.24, 2.45) is 0 Å². The van der Waals surface area contributed by atoms with Gasteiger partial charge < -0.3 is 14.8 Å². The normalized spacial score (nSPS) is 19.5. The number of carbonyl (C=O) groups is 1. The predicted octanol–water partition coefficient (Wildman–Crippen LogP) is 1.56. The van der Waals surface area contributed by atoms with E-state index in [9.17, 15) is 4.79 Å². The van der Waals surface area contributed by atoms with Gasteiger partial charge in [0.2, 0.25) is 0 Å². The lowest BCUT2D eigenvalue weighted by atomic mass is 10.2. The second-order valence-corrected chi connectivity index (χ2v) is 5.49. The quantitative estimate of drug-likeness (QED) is 0.907. The summed E-state index contributed by atoms with van der Waals surface area (Å²) in [6.07, 6.45) is 3.25. The molecule has 1 saturated heterocycles. The van der Waals surface area contributed by atoms with Crippen molar-refractivity contribution in [3.05, 3.63) is 24.0 Å². The maximum absolute atomic E-state index is 12.2. The van der Waals surface area contributed by atoms with Crippen molar-refractivity contribution >= 4 is 17.4 Å². The third kappa shape index (κ3) is 3.26. The van der Waals surface area contributed by atoms with Crippen molar-refractivity contribution in [3.8, 4) is 0 Å². The van der Waals surface area contributed by atoms with Crippen LogP contribution in [0.4, 0.5) is 5.82 Å². The number of anilines is 1. The van der Waals surface area contributed by atoms with Crippen molar-refractivity contribution in [2.75, 3.05) is 18.5 Å². The monoisotopic (exact) mass is 304 g/mol. The lowest BCUT2D eigenvalue weighted by molar-refractivity contribution is -0.128. The summed E-state index contributed by atoms with van der Waals surface area (Å²) in [5.41, 5.74) is 1.54. The third-order valence-electron chi connectivity index (χ3n) is 3.66. The standard InChI is InChI=1S/C15H20N4O3/c1-10-8-14-16-6-5-13(19(14)18-10)17-15(20)11(2)22-9-12-4-3-7-21-12/h5-6,8,11-12H,3-4,7,9H2,1-2H3,(H,17,20). The van der Waals surface area contributed by atoms with Crippen LogP contribution in [0.2, 0.25) is 0 Å². The first kappa shape index (κ1) is 14.9. The average Bonchev–Trinajstić information content (AvgIpc) is 3.13. The molecular weight excluding hydrogens is 284 g/mol. The molecule has 3 rings (SSSR count). The molecule has 3 heterocycles. The Morgan fingerprint density at radius 2 is 2.50 bits per heavy atom. The van der Waals surface area contributed by atoms with Crippen LogP contribution in [0.3, 0.4) is 0 Å². The zero-order valence-electron chi connectivity index (χ0n) is 12.8. The Hall–Kier alpha value is -1.99. The average molecular weight is 304 g/mol. The van der Waals surface area contributed by atoms with E-state index < -0.39 is 6.10 Å². The highest BCUT2D eigenvalue weighted by molar-refractivity contribution is 5.93. The first-order valence-corrected chi connectivity index (χ1v) is 7.49. The molecule has 0 aromatic carbocycles. The smallest absolute Gasteiger partial charge is 0.254 e. The van der Waals surface area contributed by atoms with Crippen molar-refractivity contribution < 1.29 is 14.3 Å². The SMILES string of the molecule is Cc1cc2nccc(NC(=O)C(C)OCC3CCCO3)n2n1. The van der Waals surface area contributed by atoms with Gasteiger partial charge in [0.15, 0.2) is 5.65 Å². The van der Waals surface area contributed by atoms with E-state index in [1.54, 1.807) is 23.7 Å². The molecule has 118 valence electrons. The molecule has 1 fully saturated rings. The van der Waals surface area contributed by atoms with Crippen LogP contribution in [0.5, 0.6) is 0 Å². The lowest BCUT2D eigenvalue weighted by Gasteiger charge is -2.16. The van der Waals surface area contributed by atoms with Gasteiger partial charge in [0.25, 0.3) is 5.91 Å². The van der Waals surface area contributed by atoms with Crippen LogP contribution >= 0.6 is 0 Å². The lowest BCUT2D eigenvalue weighted by Crippen LogP contribution is -2.31. The minimum absolute atomic E-state index is 0.108. The molecule has 0 saturated carbocycles. The highest BCUT2D eigenvalue weighted by atomic mass is 16.5. The molecule has 1 N–H and O–H groups in total. The van der Waals surface area contributed by atoms with Crippen LogP contribution in [-0.4, -0.2) is 45.9 Å². The number of nitrogens with zero attached hydrogens (tertiary/aromatic N) is 3. The van der Waals surface area contributed by atoms with E-state index in [0.717, 1.165) is 25.1 Å². The van der Waals surface area contributed by atoms with Gasteiger partial charge in [-0.15, -0.1) is 0 Å². The van der Waals surface area contributed by atoms with Gasteiger partial charge in [0.1, 0.15) is 11.9 Å². The summed E-state index contributed by atoms with van der Waals surface area (Å²) < 4.78 is 12.7. The summed E-state index contributed by atoms with van der Waals surface area (Å²) in [6.45, 7) is 4.84. The molecule has 0 radical (unpaired) electrons. The molecule has 7 heteroatoms. The predicted molar refractivity (Wildman–Crippen MR) is 80.7 cm³/mol. The molecule has 22 heavy (non-hydrogen) atoms. The Morgan fingerprint density at radius 1 is 1.64 bits per heavy atom.